The van der Waals surface area contributed by atoms with Gasteiger partial charge >= 0.3 is 0 Å². The van der Waals surface area contributed by atoms with Gasteiger partial charge in [0.2, 0.25) is 10.0 Å². The summed E-state index contributed by atoms with van der Waals surface area (Å²) < 4.78 is 29.6. The zero-order valence-electron chi connectivity index (χ0n) is 12.8. The molecule has 1 fully saturated rings. The van der Waals surface area contributed by atoms with E-state index < -0.39 is 10.0 Å². The minimum absolute atomic E-state index is 0.0739. The van der Waals surface area contributed by atoms with Crippen molar-refractivity contribution < 1.29 is 8.42 Å². The summed E-state index contributed by atoms with van der Waals surface area (Å²) >= 11 is 0. The molecule has 2 rings (SSSR count). The Morgan fingerprint density at radius 1 is 1.30 bits per heavy atom. The number of nitrogens with one attached hydrogen (secondary N) is 2. The summed E-state index contributed by atoms with van der Waals surface area (Å²) in [5, 5.41) is 7.57. The van der Waals surface area contributed by atoms with Gasteiger partial charge in [0.25, 0.3) is 0 Å². The van der Waals surface area contributed by atoms with Gasteiger partial charge < -0.3 is 5.32 Å². The number of sulfonamides is 1. The first kappa shape index (κ1) is 15.5. The average molecular weight is 300 g/mol. The Kier molecular flexibility index (Phi) is 4.22. The SMILES string of the molecule is Cc1nn(C)c(C)c1S(=O)(=O)NC1CCC(C)NC1C. The van der Waals surface area contributed by atoms with Crippen LogP contribution in [0.3, 0.4) is 0 Å². The molecule has 2 heterocycles. The normalized spacial score (nSPS) is 27.8. The van der Waals surface area contributed by atoms with Crippen LogP contribution in [0.2, 0.25) is 0 Å². The van der Waals surface area contributed by atoms with Crippen LogP contribution in [0.15, 0.2) is 4.90 Å². The Bertz CT molecular complexity index is 594. The molecular formula is C13H24N4O2S. The van der Waals surface area contributed by atoms with Gasteiger partial charge in [-0.1, -0.05) is 0 Å². The van der Waals surface area contributed by atoms with Crippen molar-refractivity contribution in [3.8, 4) is 0 Å². The van der Waals surface area contributed by atoms with Gasteiger partial charge in [0.1, 0.15) is 4.90 Å². The standard InChI is InChI=1S/C13H24N4O2S/c1-8-6-7-12(9(2)14-8)16-20(18,19)13-10(3)15-17(5)11(13)4/h8-9,12,14,16H,6-7H2,1-5H3. The molecule has 0 amide bonds. The van der Waals surface area contributed by atoms with Crippen LogP contribution >= 0.6 is 0 Å². The number of aryl methyl sites for hydroxylation is 2. The smallest absolute Gasteiger partial charge is 0.244 e. The summed E-state index contributed by atoms with van der Waals surface area (Å²) in [7, 11) is -1.77. The number of aromatic nitrogens is 2. The van der Waals surface area contributed by atoms with Crippen LogP contribution in [0.5, 0.6) is 0 Å². The van der Waals surface area contributed by atoms with Crippen LogP contribution in [0.25, 0.3) is 0 Å². The molecule has 114 valence electrons. The van der Waals surface area contributed by atoms with Gasteiger partial charge in [-0.15, -0.1) is 0 Å². The first-order valence-corrected chi connectivity index (χ1v) is 8.49. The van der Waals surface area contributed by atoms with E-state index in [0.717, 1.165) is 12.8 Å². The minimum Gasteiger partial charge on any atom is -0.310 e. The molecule has 1 saturated heterocycles. The third-order valence-electron chi connectivity index (χ3n) is 4.08. The van der Waals surface area contributed by atoms with Gasteiger partial charge in [-0.05, 0) is 40.5 Å². The van der Waals surface area contributed by atoms with Crippen molar-refractivity contribution in [2.45, 2.75) is 63.6 Å². The molecule has 6 nitrogen and oxygen atoms in total. The van der Waals surface area contributed by atoms with Gasteiger partial charge in [-0.25, -0.2) is 13.1 Å². The molecule has 1 aromatic heterocycles. The molecule has 0 spiro atoms. The van der Waals surface area contributed by atoms with Crippen LogP contribution < -0.4 is 10.0 Å². The molecule has 0 aromatic carbocycles. The van der Waals surface area contributed by atoms with Crippen LogP contribution in [0, 0.1) is 13.8 Å². The second kappa shape index (κ2) is 5.46. The lowest BCUT2D eigenvalue weighted by Crippen LogP contribution is -2.54. The molecule has 0 aliphatic carbocycles. The molecular weight excluding hydrogens is 276 g/mol. The van der Waals surface area contributed by atoms with E-state index in [1.807, 2.05) is 6.92 Å². The number of hydrogen-bond acceptors (Lipinski definition) is 4. The highest BCUT2D eigenvalue weighted by Crippen LogP contribution is 2.21. The van der Waals surface area contributed by atoms with E-state index in [2.05, 4.69) is 22.1 Å². The topological polar surface area (TPSA) is 76.0 Å². The quantitative estimate of drug-likeness (QED) is 0.867. The van der Waals surface area contributed by atoms with Gasteiger partial charge in [0, 0.05) is 25.2 Å². The lowest BCUT2D eigenvalue weighted by atomic mass is 9.96. The van der Waals surface area contributed by atoms with E-state index in [4.69, 9.17) is 0 Å². The molecule has 3 atom stereocenters. The van der Waals surface area contributed by atoms with Gasteiger partial charge in [0.05, 0.1) is 11.4 Å². The second-order valence-electron chi connectivity index (χ2n) is 5.79. The predicted molar refractivity (Wildman–Crippen MR) is 78.1 cm³/mol. The molecule has 3 unspecified atom stereocenters. The first-order chi connectivity index (χ1) is 9.22. The molecule has 7 heteroatoms. The zero-order valence-corrected chi connectivity index (χ0v) is 13.6. The summed E-state index contributed by atoms with van der Waals surface area (Å²) in [4.78, 5) is 0.311. The monoisotopic (exact) mass is 300 g/mol. The third-order valence-corrected chi connectivity index (χ3v) is 5.82. The van der Waals surface area contributed by atoms with Gasteiger partial charge in [-0.3, -0.25) is 4.68 Å². The lowest BCUT2D eigenvalue weighted by molar-refractivity contribution is 0.297. The van der Waals surface area contributed by atoms with E-state index in [0.29, 0.717) is 22.3 Å². The van der Waals surface area contributed by atoms with Crippen molar-refractivity contribution in [2.75, 3.05) is 0 Å². The van der Waals surface area contributed by atoms with Gasteiger partial charge in [-0.2, -0.15) is 5.10 Å². The first-order valence-electron chi connectivity index (χ1n) is 7.01. The lowest BCUT2D eigenvalue weighted by Gasteiger charge is -2.34. The minimum atomic E-state index is -3.52. The van der Waals surface area contributed by atoms with Crippen molar-refractivity contribution in [2.24, 2.45) is 7.05 Å². The van der Waals surface area contributed by atoms with Crippen LogP contribution in [0.4, 0.5) is 0 Å². The van der Waals surface area contributed by atoms with E-state index in [9.17, 15) is 8.42 Å². The van der Waals surface area contributed by atoms with Crippen LogP contribution in [-0.2, 0) is 17.1 Å². The molecule has 20 heavy (non-hydrogen) atoms. The number of rotatable bonds is 3. The highest BCUT2D eigenvalue weighted by molar-refractivity contribution is 7.89. The Morgan fingerprint density at radius 2 is 1.95 bits per heavy atom. The van der Waals surface area contributed by atoms with Crippen molar-refractivity contribution in [3.05, 3.63) is 11.4 Å². The highest BCUT2D eigenvalue weighted by atomic mass is 32.2. The Balaban J connectivity index is 2.23. The third kappa shape index (κ3) is 2.89. The number of nitrogens with zero attached hydrogens (tertiary/aromatic N) is 2. The van der Waals surface area contributed by atoms with Crippen molar-refractivity contribution in [1.29, 1.82) is 0 Å². The Labute approximate surface area is 121 Å². The molecule has 0 radical (unpaired) electrons. The van der Waals surface area contributed by atoms with E-state index in [-0.39, 0.29) is 12.1 Å². The summed E-state index contributed by atoms with van der Waals surface area (Å²) in [6.07, 6.45) is 1.83. The summed E-state index contributed by atoms with van der Waals surface area (Å²) in [5.74, 6) is 0. The molecule has 0 bridgehead atoms. The maximum absolute atomic E-state index is 12.6. The van der Waals surface area contributed by atoms with Crippen molar-refractivity contribution in [3.63, 3.8) is 0 Å². The predicted octanol–water partition coefficient (Wildman–Crippen LogP) is 0.844. The van der Waals surface area contributed by atoms with E-state index in [1.54, 1.807) is 25.6 Å². The summed E-state index contributed by atoms with van der Waals surface area (Å²) in [6.45, 7) is 7.65. The van der Waals surface area contributed by atoms with Crippen molar-refractivity contribution >= 4 is 10.0 Å². The molecule has 1 aliphatic rings. The molecule has 2 N–H and O–H groups in total. The maximum Gasteiger partial charge on any atom is 0.244 e. The average Bonchev–Trinajstić information content (AvgIpc) is 2.57. The van der Waals surface area contributed by atoms with E-state index >= 15 is 0 Å². The molecule has 1 aromatic rings. The fourth-order valence-electron chi connectivity index (χ4n) is 2.89. The summed E-state index contributed by atoms with van der Waals surface area (Å²) in [5.41, 5.74) is 1.21. The van der Waals surface area contributed by atoms with Crippen LogP contribution in [-0.4, -0.2) is 36.3 Å². The summed E-state index contributed by atoms with van der Waals surface area (Å²) in [6, 6.07) is 0.494. The number of piperidine rings is 1. The molecule has 0 saturated carbocycles. The fourth-order valence-corrected chi connectivity index (χ4v) is 4.68. The Hall–Kier alpha value is -0.920. The fraction of sp³-hybridized carbons (Fsp3) is 0.769. The highest BCUT2D eigenvalue weighted by Gasteiger charge is 2.31. The van der Waals surface area contributed by atoms with Crippen LogP contribution in [0.1, 0.15) is 38.1 Å². The van der Waals surface area contributed by atoms with E-state index in [1.165, 1.54) is 0 Å². The van der Waals surface area contributed by atoms with Gasteiger partial charge in [0.15, 0.2) is 0 Å². The zero-order chi connectivity index (χ0) is 15.1. The molecule has 1 aliphatic heterocycles. The maximum atomic E-state index is 12.6. The second-order valence-corrected chi connectivity index (χ2v) is 7.44. The Morgan fingerprint density at radius 3 is 2.45 bits per heavy atom. The largest absolute Gasteiger partial charge is 0.310 e. The number of hydrogen-bond donors (Lipinski definition) is 2. The van der Waals surface area contributed by atoms with Crippen molar-refractivity contribution in [1.82, 2.24) is 19.8 Å².